The number of sulfonamides is 1. The molecule has 0 aliphatic carbocycles. The molecule has 0 radical (unpaired) electrons. The Morgan fingerprint density at radius 3 is 3.05 bits per heavy atom. The molecular formula is C14H17N3O3S2. The second-order valence-corrected chi connectivity index (χ2v) is 8.25. The Labute approximate surface area is 133 Å². The Morgan fingerprint density at radius 2 is 2.32 bits per heavy atom. The van der Waals surface area contributed by atoms with Crippen molar-refractivity contribution >= 4 is 21.4 Å². The fraction of sp³-hybridized carbons (Fsp3) is 0.429. The fourth-order valence-corrected chi connectivity index (χ4v) is 5.11. The molecule has 1 fully saturated rings. The molecule has 0 bridgehead atoms. The van der Waals surface area contributed by atoms with Crippen LogP contribution in [0.15, 0.2) is 40.3 Å². The van der Waals surface area contributed by atoms with E-state index in [1.165, 1.54) is 22.0 Å². The molecule has 0 amide bonds. The van der Waals surface area contributed by atoms with E-state index in [1.807, 2.05) is 6.07 Å². The normalized spacial score (nSPS) is 20.6. The van der Waals surface area contributed by atoms with Crippen LogP contribution in [0.4, 0.5) is 0 Å². The van der Waals surface area contributed by atoms with Crippen LogP contribution in [0.3, 0.4) is 0 Å². The highest BCUT2D eigenvalue weighted by atomic mass is 32.2. The number of nitrogens with zero attached hydrogens (tertiary/aromatic N) is 3. The van der Waals surface area contributed by atoms with Gasteiger partial charge >= 0.3 is 0 Å². The highest BCUT2D eigenvalue weighted by Crippen LogP contribution is 2.23. The molecule has 118 valence electrons. The van der Waals surface area contributed by atoms with E-state index in [9.17, 15) is 8.42 Å². The van der Waals surface area contributed by atoms with Crippen molar-refractivity contribution in [2.24, 2.45) is 5.92 Å². The van der Waals surface area contributed by atoms with Crippen molar-refractivity contribution in [3.63, 3.8) is 0 Å². The Kier molecular flexibility index (Phi) is 4.82. The van der Waals surface area contributed by atoms with Gasteiger partial charge in [0, 0.05) is 30.9 Å². The molecule has 0 unspecified atom stereocenters. The van der Waals surface area contributed by atoms with Gasteiger partial charge in [0.25, 0.3) is 10.0 Å². The lowest BCUT2D eigenvalue weighted by molar-refractivity contribution is 0.122. The summed E-state index contributed by atoms with van der Waals surface area (Å²) in [5.41, 5.74) is 0.902. The Balaban J connectivity index is 1.76. The van der Waals surface area contributed by atoms with Crippen molar-refractivity contribution in [2.45, 2.75) is 10.6 Å². The van der Waals surface area contributed by atoms with Gasteiger partial charge in [0.2, 0.25) is 0 Å². The first-order valence-corrected chi connectivity index (χ1v) is 9.34. The van der Waals surface area contributed by atoms with E-state index in [2.05, 4.69) is 9.97 Å². The quantitative estimate of drug-likeness (QED) is 0.842. The van der Waals surface area contributed by atoms with Crippen molar-refractivity contribution in [2.75, 3.05) is 26.3 Å². The van der Waals surface area contributed by atoms with Crippen molar-refractivity contribution < 1.29 is 13.2 Å². The molecular weight excluding hydrogens is 322 g/mol. The van der Waals surface area contributed by atoms with Gasteiger partial charge in [-0.25, -0.2) is 18.4 Å². The first kappa shape index (κ1) is 15.5. The third-order valence-corrected chi connectivity index (χ3v) is 6.77. The second-order valence-electron chi connectivity index (χ2n) is 5.14. The Hall–Kier alpha value is -1.35. The number of hydrogen-bond donors (Lipinski definition) is 0. The summed E-state index contributed by atoms with van der Waals surface area (Å²) < 4.78 is 32.8. The number of thiophene rings is 1. The van der Waals surface area contributed by atoms with E-state index in [-0.39, 0.29) is 5.92 Å². The highest BCUT2D eigenvalue weighted by Gasteiger charge is 2.30. The third-order valence-electron chi connectivity index (χ3n) is 3.53. The zero-order chi connectivity index (χ0) is 15.4. The molecule has 6 nitrogen and oxygen atoms in total. The maximum absolute atomic E-state index is 12.7. The van der Waals surface area contributed by atoms with E-state index >= 15 is 0 Å². The average molecular weight is 339 g/mol. The van der Waals surface area contributed by atoms with E-state index in [4.69, 9.17) is 4.74 Å². The van der Waals surface area contributed by atoms with Crippen LogP contribution in [0, 0.1) is 5.92 Å². The van der Waals surface area contributed by atoms with E-state index < -0.39 is 10.0 Å². The lowest BCUT2D eigenvalue weighted by Gasteiger charge is -2.22. The molecule has 1 aliphatic heterocycles. The van der Waals surface area contributed by atoms with Gasteiger partial charge in [0.05, 0.1) is 13.2 Å². The maximum atomic E-state index is 12.7. The molecule has 2 aromatic heterocycles. The summed E-state index contributed by atoms with van der Waals surface area (Å²) in [6.07, 6.45) is 3.88. The average Bonchev–Trinajstić information content (AvgIpc) is 2.96. The zero-order valence-corrected chi connectivity index (χ0v) is 13.6. The summed E-state index contributed by atoms with van der Waals surface area (Å²) in [6.45, 7) is 1.80. The van der Waals surface area contributed by atoms with Gasteiger partial charge in [-0.3, -0.25) is 0 Å². The molecule has 0 saturated carbocycles. The molecule has 8 heteroatoms. The summed E-state index contributed by atoms with van der Waals surface area (Å²) >= 11 is 1.24. The van der Waals surface area contributed by atoms with Gasteiger partial charge < -0.3 is 4.74 Å². The Morgan fingerprint density at radius 1 is 1.41 bits per heavy atom. The predicted molar refractivity (Wildman–Crippen MR) is 83.1 cm³/mol. The first-order chi connectivity index (χ1) is 10.7. The lowest BCUT2D eigenvalue weighted by atomic mass is 10.0. The molecule has 1 aliphatic rings. The van der Waals surface area contributed by atoms with Gasteiger partial charge in [-0.1, -0.05) is 6.07 Å². The SMILES string of the molecule is O=S(=O)(c1cccs1)N1CCOC[C@@H](Cc2ccncn2)C1. The van der Waals surface area contributed by atoms with Crippen LogP contribution in [0.25, 0.3) is 0 Å². The molecule has 22 heavy (non-hydrogen) atoms. The first-order valence-electron chi connectivity index (χ1n) is 7.02. The van der Waals surface area contributed by atoms with E-state index in [1.54, 1.807) is 23.7 Å². The second kappa shape index (κ2) is 6.82. The summed E-state index contributed by atoms with van der Waals surface area (Å²) in [5, 5.41) is 1.78. The van der Waals surface area contributed by atoms with Crippen LogP contribution >= 0.6 is 11.3 Å². The monoisotopic (exact) mass is 339 g/mol. The van der Waals surface area contributed by atoms with Gasteiger partial charge in [-0.2, -0.15) is 4.31 Å². The molecule has 0 N–H and O–H groups in total. The fourth-order valence-electron chi connectivity index (χ4n) is 2.46. The molecule has 2 aromatic rings. The van der Waals surface area contributed by atoms with Crippen molar-refractivity contribution in [3.8, 4) is 0 Å². The number of aromatic nitrogens is 2. The number of rotatable bonds is 4. The molecule has 3 rings (SSSR count). The zero-order valence-electron chi connectivity index (χ0n) is 12.0. The Bertz CT molecular complexity index is 689. The standard InChI is InChI=1S/C14H17N3O3S2/c18-22(19,14-2-1-7-21-14)17-5-6-20-10-12(9-17)8-13-3-4-15-11-16-13/h1-4,7,11-12H,5-6,8-10H2/t12-/m0/s1. The van der Waals surface area contributed by atoms with Crippen LogP contribution in [-0.2, 0) is 21.2 Å². The molecule has 1 atom stereocenters. The summed E-state index contributed by atoms with van der Waals surface area (Å²) in [5.74, 6) is 0.0899. The lowest BCUT2D eigenvalue weighted by Crippen LogP contribution is -2.36. The summed E-state index contributed by atoms with van der Waals surface area (Å²) in [7, 11) is -3.43. The minimum absolute atomic E-state index is 0.0899. The number of hydrogen-bond acceptors (Lipinski definition) is 6. The van der Waals surface area contributed by atoms with Crippen LogP contribution in [0.2, 0.25) is 0 Å². The van der Waals surface area contributed by atoms with Crippen molar-refractivity contribution in [3.05, 3.63) is 41.8 Å². The van der Waals surface area contributed by atoms with E-state index in [0.29, 0.717) is 36.9 Å². The third kappa shape index (κ3) is 3.52. The molecule has 0 spiro atoms. The molecule has 1 saturated heterocycles. The predicted octanol–water partition coefficient (Wildman–Crippen LogP) is 1.42. The summed E-state index contributed by atoms with van der Waals surface area (Å²) in [6, 6.07) is 5.25. The largest absolute Gasteiger partial charge is 0.380 e. The van der Waals surface area contributed by atoms with Gasteiger partial charge in [0.1, 0.15) is 10.5 Å². The topological polar surface area (TPSA) is 72.4 Å². The van der Waals surface area contributed by atoms with Crippen LogP contribution < -0.4 is 0 Å². The van der Waals surface area contributed by atoms with Gasteiger partial charge in [-0.15, -0.1) is 11.3 Å². The van der Waals surface area contributed by atoms with E-state index in [0.717, 1.165) is 5.69 Å². The minimum Gasteiger partial charge on any atom is -0.380 e. The smallest absolute Gasteiger partial charge is 0.252 e. The van der Waals surface area contributed by atoms with Crippen molar-refractivity contribution in [1.82, 2.24) is 14.3 Å². The van der Waals surface area contributed by atoms with Gasteiger partial charge in [-0.05, 0) is 23.9 Å². The van der Waals surface area contributed by atoms with Crippen LogP contribution in [0.5, 0.6) is 0 Å². The maximum Gasteiger partial charge on any atom is 0.252 e. The van der Waals surface area contributed by atoms with Gasteiger partial charge in [0.15, 0.2) is 0 Å². The van der Waals surface area contributed by atoms with Crippen LogP contribution in [0.1, 0.15) is 5.69 Å². The molecule has 3 heterocycles. The summed E-state index contributed by atoms with van der Waals surface area (Å²) in [4.78, 5) is 8.11. The van der Waals surface area contributed by atoms with Crippen LogP contribution in [-0.4, -0.2) is 49.0 Å². The molecule has 0 aromatic carbocycles. The minimum atomic E-state index is -3.43. The highest BCUT2D eigenvalue weighted by molar-refractivity contribution is 7.91. The number of ether oxygens (including phenoxy) is 1. The van der Waals surface area contributed by atoms with Crippen molar-refractivity contribution in [1.29, 1.82) is 0 Å².